The summed E-state index contributed by atoms with van der Waals surface area (Å²) in [6.45, 7) is 0. The Morgan fingerprint density at radius 1 is 0.404 bits per heavy atom. The summed E-state index contributed by atoms with van der Waals surface area (Å²) < 4.78 is 7.76. The molecule has 0 N–H and O–H groups in total. The van der Waals surface area contributed by atoms with E-state index in [1.165, 1.54) is 109 Å². The lowest BCUT2D eigenvalue weighted by Gasteiger charge is -2.16. The fourth-order valence-corrected chi connectivity index (χ4v) is 10.7. The van der Waals surface area contributed by atoms with Gasteiger partial charge in [-0.15, -0.1) is 11.3 Å². The Labute approximate surface area is 335 Å². The second kappa shape index (κ2) is 12.9. The molecule has 3 heteroatoms. The minimum Gasteiger partial charge on any atom is -0.313 e. The number of para-hydroxylation sites is 2. The predicted octanol–water partition coefficient (Wildman–Crippen LogP) is 14.9. The minimum atomic E-state index is 1.01. The number of allylic oxidation sites excluding steroid dienone is 2. The Hall–Kier alpha value is -6.68. The van der Waals surface area contributed by atoms with E-state index in [-0.39, 0.29) is 0 Å². The highest BCUT2D eigenvalue weighted by molar-refractivity contribution is 7.25. The summed E-state index contributed by atoms with van der Waals surface area (Å²) in [6, 6.07) is 58.8. The molecule has 7 aromatic carbocycles. The number of hydrogen-bond acceptors (Lipinski definition) is 1. The van der Waals surface area contributed by atoms with Crippen LogP contribution in [0.4, 0.5) is 0 Å². The Kier molecular flexibility index (Phi) is 7.39. The van der Waals surface area contributed by atoms with Gasteiger partial charge < -0.3 is 9.13 Å². The van der Waals surface area contributed by atoms with Crippen LogP contribution in [0.15, 0.2) is 170 Å². The number of rotatable bonds is 5. The zero-order valence-electron chi connectivity index (χ0n) is 31.5. The van der Waals surface area contributed by atoms with Gasteiger partial charge in [-0.1, -0.05) is 121 Å². The van der Waals surface area contributed by atoms with Gasteiger partial charge in [0, 0.05) is 70.4 Å². The summed E-state index contributed by atoms with van der Waals surface area (Å²) in [4.78, 5) is 0. The maximum atomic E-state index is 2.59. The standard InChI is InChI=1S/C54H38N2S/c1-3-14-35(15-4-1)37-30-38(36-16-5-2-6-17-36)32-39(31-37)42-21-13-22-46-45-20-9-12-25-51(45)56(54(42)46)41-27-29-53-48(34-41)47-33-40(26-28-52(47)57-53)55-49-23-10-7-18-43(49)44-19-8-11-24-50(44)55/h1-10,13-23,26-34H,11-12,24-25H2. The van der Waals surface area contributed by atoms with Gasteiger partial charge in [0.25, 0.3) is 0 Å². The first-order chi connectivity index (χ1) is 28.3. The van der Waals surface area contributed by atoms with E-state index in [0.29, 0.717) is 0 Å². The van der Waals surface area contributed by atoms with Gasteiger partial charge in [0.1, 0.15) is 0 Å². The second-order valence-corrected chi connectivity index (χ2v) is 16.6. The lowest BCUT2D eigenvalue weighted by Crippen LogP contribution is -2.03. The Morgan fingerprint density at radius 2 is 0.947 bits per heavy atom. The lowest BCUT2D eigenvalue weighted by molar-refractivity contribution is 0.889. The highest BCUT2D eigenvalue weighted by atomic mass is 32.1. The highest BCUT2D eigenvalue weighted by Crippen LogP contribution is 2.44. The molecule has 10 aromatic rings. The molecule has 0 fully saturated rings. The molecule has 270 valence electrons. The van der Waals surface area contributed by atoms with E-state index >= 15 is 0 Å². The van der Waals surface area contributed by atoms with Gasteiger partial charge in [-0.2, -0.15) is 0 Å². The second-order valence-electron chi connectivity index (χ2n) is 15.5. The van der Waals surface area contributed by atoms with Crippen LogP contribution in [0.2, 0.25) is 0 Å². The number of nitrogens with zero attached hydrogens (tertiary/aromatic N) is 2. The maximum absolute atomic E-state index is 2.59. The third kappa shape index (κ3) is 5.16. The monoisotopic (exact) mass is 746 g/mol. The summed E-state index contributed by atoms with van der Waals surface area (Å²) in [5.74, 6) is 0. The smallest absolute Gasteiger partial charge is 0.0616 e. The fourth-order valence-electron chi connectivity index (χ4n) is 9.66. The third-order valence-corrected chi connectivity index (χ3v) is 13.4. The number of hydrogen-bond donors (Lipinski definition) is 0. The predicted molar refractivity (Wildman–Crippen MR) is 244 cm³/mol. The zero-order valence-corrected chi connectivity index (χ0v) is 32.3. The molecule has 3 aromatic heterocycles. The van der Waals surface area contributed by atoms with Crippen molar-refractivity contribution in [1.29, 1.82) is 0 Å². The van der Waals surface area contributed by atoms with E-state index in [2.05, 4.69) is 191 Å². The molecule has 0 atom stereocenters. The van der Waals surface area contributed by atoms with Crippen molar-refractivity contribution >= 4 is 65.5 Å². The average Bonchev–Trinajstić information content (AvgIpc) is 3.94. The Bertz CT molecular complexity index is 3220. The maximum Gasteiger partial charge on any atom is 0.0616 e. The van der Waals surface area contributed by atoms with E-state index in [0.717, 1.165) is 25.7 Å². The van der Waals surface area contributed by atoms with Crippen molar-refractivity contribution in [1.82, 2.24) is 9.13 Å². The first-order valence-corrected chi connectivity index (χ1v) is 20.9. The van der Waals surface area contributed by atoms with Gasteiger partial charge in [0.2, 0.25) is 0 Å². The van der Waals surface area contributed by atoms with Crippen LogP contribution < -0.4 is 0 Å². The van der Waals surface area contributed by atoms with Crippen LogP contribution in [0.25, 0.3) is 98.9 Å². The zero-order chi connectivity index (χ0) is 37.5. The topological polar surface area (TPSA) is 9.86 Å². The van der Waals surface area contributed by atoms with Gasteiger partial charge in [-0.05, 0) is 114 Å². The van der Waals surface area contributed by atoms with Crippen LogP contribution in [0.3, 0.4) is 0 Å². The van der Waals surface area contributed by atoms with Crippen LogP contribution in [-0.2, 0) is 12.8 Å². The molecular formula is C54H38N2S. The lowest BCUT2D eigenvalue weighted by atomic mass is 9.92. The van der Waals surface area contributed by atoms with E-state index < -0.39 is 0 Å². The molecule has 2 aliphatic rings. The van der Waals surface area contributed by atoms with Gasteiger partial charge in [-0.3, -0.25) is 0 Å². The average molecular weight is 747 g/mol. The largest absolute Gasteiger partial charge is 0.313 e. The summed E-state index contributed by atoms with van der Waals surface area (Å²) in [7, 11) is 0. The molecule has 0 amide bonds. The number of aromatic nitrogens is 2. The van der Waals surface area contributed by atoms with Gasteiger partial charge in [-0.25, -0.2) is 0 Å². The minimum absolute atomic E-state index is 1.01. The van der Waals surface area contributed by atoms with Crippen molar-refractivity contribution in [2.75, 3.05) is 0 Å². The van der Waals surface area contributed by atoms with Gasteiger partial charge in [0.05, 0.1) is 11.0 Å². The molecule has 0 saturated carbocycles. The van der Waals surface area contributed by atoms with E-state index in [4.69, 9.17) is 0 Å². The Morgan fingerprint density at radius 3 is 1.61 bits per heavy atom. The van der Waals surface area contributed by atoms with Crippen molar-refractivity contribution in [2.45, 2.75) is 25.7 Å². The molecule has 57 heavy (non-hydrogen) atoms. The third-order valence-electron chi connectivity index (χ3n) is 12.2. The van der Waals surface area contributed by atoms with Crippen molar-refractivity contribution in [3.8, 4) is 44.8 Å². The molecule has 12 rings (SSSR count). The molecule has 3 heterocycles. The molecular weight excluding hydrogens is 709 g/mol. The summed E-state index contributed by atoms with van der Waals surface area (Å²) >= 11 is 1.90. The van der Waals surface area contributed by atoms with Gasteiger partial charge >= 0.3 is 0 Å². The van der Waals surface area contributed by atoms with E-state index in [1.807, 2.05) is 11.3 Å². The Balaban J connectivity index is 1.08. The normalized spacial score (nSPS) is 13.5. The van der Waals surface area contributed by atoms with Crippen molar-refractivity contribution in [3.63, 3.8) is 0 Å². The quantitative estimate of drug-likeness (QED) is 0.166. The highest BCUT2D eigenvalue weighted by Gasteiger charge is 2.23. The molecule has 2 nitrogen and oxygen atoms in total. The van der Waals surface area contributed by atoms with Crippen molar-refractivity contribution < 1.29 is 0 Å². The summed E-state index contributed by atoms with van der Waals surface area (Å²) in [6.07, 6.45) is 13.5. The number of benzene rings is 7. The molecule has 0 spiro atoms. The molecule has 0 saturated heterocycles. The van der Waals surface area contributed by atoms with Gasteiger partial charge in [0.15, 0.2) is 0 Å². The molecule has 0 bridgehead atoms. The summed E-state index contributed by atoms with van der Waals surface area (Å²) in [5.41, 5.74) is 17.9. The van der Waals surface area contributed by atoms with Crippen LogP contribution in [0.5, 0.6) is 0 Å². The van der Waals surface area contributed by atoms with Crippen LogP contribution in [-0.4, -0.2) is 9.13 Å². The SMILES string of the molecule is C1=Cc2c(n(-c3ccc4sc5ccc(-n6c7c(c8cccc(-c9cc(-c%10ccccc%10)cc(-c%10ccccc%10)c9)c86)C=CCC7)cc5c4c3)c3ccccc23)CC1. The first kappa shape index (κ1) is 32.6. The molecule has 0 unspecified atom stereocenters. The number of thiophene rings is 1. The first-order valence-electron chi connectivity index (χ1n) is 20.1. The fraction of sp³-hybridized carbons (Fsp3) is 0.0741. The van der Waals surface area contributed by atoms with E-state index in [1.54, 1.807) is 0 Å². The van der Waals surface area contributed by atoms with Crippen LogP contribution in [0.1, 0.15) is 35.4 Å². The van der Waals surface area contributed by atoms with Crippen LogP contribution in [0, 0.1) is 0 Å². The summed E-state index contributed by atoms with van der Waals surface area (Å²) in [5, 5.41) is 5.28. The molecule has 0 aliphatic heterocycles. The molecule has 0 radical (unpaired) electrons. The number of fused-ring (bicyclic) bond motifs is 9. The molecule has 2 aliphatic carbocycles. The van der Waals surface area contributed by atoms with Crippen LogP contribution >= 0.6 is 11.3 Å². The van der Waals surface area contributed by atoms with Crippen molar-refractivity contribution in [2.24, 2.45) is 0 Å². The van der Waals surface area contributed by atoms with Crippen molar-refractivity contribution in [3.05, 3.63) is 192 Å². The van der Waals surface area contributed by atoms with E-state index in [9.17, 15) is 0 Å².